The summed E-state index contributed by atoms with van der Waals surface area (Å²) in [5, 5.41) is 26.4. The Bertz CT molecular complexity index is 2430. The lowest BCUT2D eigenvalue weighted by molar-refractivity contribution is -0.145. The van der Waals surface area contributed by atoms with Crippen molar-refractivity contribution in [2.75, 3.05) is 43.6 Å². The minimum atomic E-state index is -0.977. The number of β-amino-alcohol motifs (C(OH)–C–C–N with tert-alkyl or cyclic N) is 1. The molecule has 7 rings (SSSR count). The molecule has 16 nitrogen and oxygen atoms in total. The number of amides is 4. The summed E-state index contributed by atoms with van der Waals surface area (Å²) in [5.74, 6) is -1.09. The van der Waals surface area contributed by atoms with E-state index in [0.29, 0.717) is 42.3 Å². The van der Waals surface area contributed by atoms with Crippen LogP contribution in [0, 0.1) is 18.3 Å². The molecule has 2 aromatic carbocycles. The molecule has 2 saturated heterocycles. The van der Waals surface area contributed by atoms with Gasteiger partial charge in [-0.15, -0.1) is 11.3 Å². The Morgan fingerprint density at radius 2 is 1.80 bits per heavy atom. The van der Waals surface area contributed by atoms with Gasteiger partial charge in [0.25, 0.3) is 5.91 Å². The highest BCUT2D eigenvalue weighted by molar-refractivity contribution is 7.13. The number of nitrogens with zero attached hydrogens (tertiary/aromatic N) is 5. The number of anilines is 2. The Hall–Kier alpha value is -6.17. The van der Waals surface area contributed by atoms with E-state index in [4.69, 9.17) is 9.47 Å². The number of aliphatic hydroxyl groups is 1. The van der Waals surface area contributed by atoms with Crippen molar-refractivity contribution >= 4 is 46.3 Å². The van der Waals surface area contributed by atoms with E-state index in [2.05, 4.69) is 47.9 Å². The van der Waals surface area contributed by atoms with Gasteiger partial charge in [0.15, 0.2) is 0 Å². The summed E-state index contributed by atoms with van der Waals surface area (Å²) < 4.78 is 11.9. The van der Waals surface area contributed by atoms with Crippen LogP contribution in [0.4, 0.5) is 11.4 Å². The lowest BCUT2D eigenvalue weighted by Crippen LogP contribution is -2.58. The molecule has 2 fully saturated rings. The van der Waals surface area contributed by atoms with E-state index in [1.54, 1.807) is 55.0 Å². The van der Waals surface area contributed by atoms with Crippen molar-refractivity contribution in [3.8, 4) is 27.6 Å². The highest BCUT2D eigenvalue weighted by Gasteiger charge is 2.45. The smallest absolute Gasteiger partial charge is 0.274 e. The number of likely N-dealkylation sites (tertiary alicyclic amines) is 1. The van der Waals surface area contributed by atoms with Crippen LogP contribution in [0.1, 0.15) is 75.2 Å². The second-order valence-electron chi connectivity index (χ2n) is 17.6. The molecule has 0 spiro atoms. The maximum Gasteiger partial charge on any atom is 0.274 e. The zero-order valence-electron chi connectivity index (χ0n) is 37.3. The molecule has 0 bridgehead atoms. The number of aromatic nitrogens is 4. The Kier molecular flexibility index (Phi) is 14.1. The van der Waals surface area contributed by atoms with Crippen LogP contribution in [0.25, 0.3) is 21.8 Å². The third-order valence-corrected chi connectivity index (χ3v) is 12.8. The van der Waals surface area contributed by atoms with Gasteiger partial charge < -0.3 is 40.3 Å². The Morgan fingerprint density at radius 3 is 2.47 bits per heavy atom. The van der Waals surface area contributed by atoms with Crippen LogP contribution in [-0.2, 0) is 19.1 Å². The number of benzene rings is 2. The number of pyridine rings is 1. The van der Waals surface area contributed by atoms with E-state index < -0.39 is 35.4 Å². The van der Waals surface area contributed by atoms with Crippen LogP contribution >= 0.6 is 11.3 Å². The number of rotatable bonds is 14. The van der Waals surface area contributed by atoms with E-state index in [0.717, 1.165) is 27.4 Å². The first kappa shape index (κ1) is 45.8. The lowest BCUT2D eigenvalue weighted by Gasteiger charge is -2.38. The van der Waals surface area contributed by atoms with Crippen molar-refractivity contribution in [2.45, 2.75) is 84.7 Å². The fraction of sp³-hybridized carbons (Fsp3) is 0.426. The highest BCUT2D eigenvalue weighted by Crippen LogP contribution is 2.34. The summed E-state index contributed by atoms with van der Waals surface area (Å²) in [7, 11) is 1.55. The number of carbonyl (C=O) groups excluding carboxylic acids is 4. The average Bonchev–Trinajstić information content (AvgIpc) is 4.07. The molecule has 3 aromatic heterocycles. The van der Waals surface area contributed by atoms with Gasteiger partial charge in [0.05, 0.1) is 52.8 Å². The largest absolute Gasteiger partial charge is 0.494 e. The topological polar surface area (TPSA) is 204 Å². The van der Waals surface area contributed by atoms with Gasteiger partial charge in [-0.1, -0.05) is 58.0 Å². The first-order chi connectivity index (χ1) is 30.6. The number of H-pyrrole nitrogens is 1. The predicted molar refractivity (Wildman–Crippen MR) is 245 cm³/mol. The van der Waals surface area contributed by atoms with E-state index >= 15 is 0 Å². The van der Waals surface area contributed by atoms with Crippen molar-refractivity contribution < 1.29 is 33.8 Å². The zero-order chi connectivity index (χ0) is 45.7. The predicted octanol–water partition coefficient (Wildman–Crippen LogP) is 5.77. The number of carbonyl (C=O) groups is 4. The molecule has 6 atom stereocenters. The van der Waals surface area contributed by atoms with Crippen molar-refractivity contribution in [3.63, 3.8) is 0 Å². The molecule has 5 N–H and O–H groups in total. The molecule has 0 radical (unpaired) electrons. The number of aromatic amines is 1. The molecule has 5 aromatic rings. The van der Waals surface area contributed by atoms with Crippen LogP contribution < -0.4 is 25.6 Å². The fourth-order valence-electron chi connectivity index (χ4n) is 8.28. The molecule has 17 heteroatoms. The summed E-state index contributed by atoms with van der Waals surface area (Å²) in [4.78, 5) is 68.1. The first-order valence-electron chi connectivity index (χ1n) is 21.5. The van der Waals surface area contributed by atoms with Crippen LogP contribution in [0.15, 0.2) is 78.4 Å². The number of ether oxygens (including phenoxy) is 2. The van der Waals surface area contributed by atoms with Gasteiger partial charge in [0, 0.05) is 44.0 Å². The number of hydrogen-bond acceptors (Lipinski definition) is 12. The number of thiazole rings is 1. The number of aryl methyl sites for hydroxylation is 1. The van der Waals surface area contributed by atoms with Gasteiger partial charge in [0.2, 0.25) is 17.7 Å². The van der Waals surface area contributed by atoms with Gasteiger partial charge in [-0.2, -0.15) is 5.10 Å². The standard InChI is InChI=1S/C47H57N9O7S/c1-27-23-55(32-15-16-36(40(21-32)62-7)52-44(59)37-10-8-9-34(51-37)35-17-19-49-54-35)20-18-39(27)63-25-41(58)53-43(47(4,5)6)46(61)56-24-33(57)22-38(56)45(60)50-28(2)30-11-13-31(14-12-30)42-29(3)48-26-64-42/h8-17,19,21,26-28,33,38-39,43,57H,18,20,22-25H2,1-7H3,(H,49,54)(H,50,60)(H,52,59)(H,53,58)/t27-,28-,33+,38-,39-,43+/m0/s1. The average molecular weight is 892 g/mol. The van der Waals surface area contributed by atoms with Gasteiger partial charge in [-0.25, -0.2) is 9.97 Å². The molecule has 4 amide bonds. The maximum absolute atomic E-state index is 14.2. The van der Waals surface area contributed by atoms with Gasteiger partial charge in [0.1, 0.15) is 35.8 Å². The number of nitrogens with one attached hydrogen (secondary N) is 4. The summed E-state index contributed by atoms with van der Waals surface area (Å²) in [5.41, 5.74) is 6.87. The summed E-state index contributed by atoms with van der Waals surface area (Å²) in [6.07, 6.45) is 1.33. The SMILES string of the molecule is COc1cc(N2CC[C@H](OCC(=O)N[C@H](C(=O)N3C[C@H](O)C[C@H]3C(=O)N[C@@H](C)c3ccc(-c4scnc4C)cc3)C(C)(C)C)[C@@H](C)C2)ccc1NC(=O)c1cccc(-c2cc[nH]n2)n1. The summed E-state index contributed by atoms with van der Waals surface area (Å²) in [6.45, 7) is 12.5. The van der Waals surface area contributed by atoms with Crippen LogP contribution in [0.2, 0.25) is 0 Å². The maximum atomic E-state index is 14.2. The van der Waals surface area contributed by atoms with Crippen LogP contribution in [0.3, 0.4) is 0 Å². The second kappa shape index (κ2) is 19.7. The van der Waals surface area contributed by atoms with Crippen LogP contribution in [0.5, 0.6) is 5.75 Å². The summed E-state index contributed by atoms with van der Waals surface area (Å²) in [6, 6.07) is 18.3. The van der Waals surface area contributed by atoms with Crippen molar-refractivity contribution in [2.24, 2.45) is 11.3 Å². The van der Waals surface area contributed by atoms with Gasteiger partial charge in [-0.05, 0) is 73.1 Å². The molecule has 2 aliphatic heterocycles. The van der Waals surface area contributed by atoms with E-state index in [-0.39, 0.29) is 55.1 Å². The molecule has 0 saturated carbocycles. The first-order valence-corrected chi connectivity index (χ1v) is 22.4. The summed E-state index contributed by atoms with van der Waals surface area (Å²) >= 11 is 1.57. The highest BCUT2D eigenvalue weighted by atomic mass is 32.1. The fourth-order valence-corrected chi connectivity index (χ4v) is 9.09. The molecule has 2 aliphatic rings. The molecule has 5 heterocycles. The number of methoxy groups -OCH3 is 1. The molecule has 338 valence electrons. The van der Waals surface area contributed by atoms with Gasteiger partial charge in [-0.3, -0.25) is 24.3 Å². The van der Waals surface area contributed by atoms with Crippen molar-refractivity contribution in [1.82, 2.24) is 35.7 Å². The van der Waals surface area contributed by atoms with E-state index in [1.165, 1.54) is 4.90 Å². The minimum absolute atomic E-state index is 0.0222. The van der Waals surface area contributed by atoms with Crippen molar-refractivity contribution in [1.29, 1.82) is 0 Å². The molecular formula is C47H57N9O7S. The number of hydrogen-bond donors (Lipinski definition) is 5. The Morgan fingerprint density at radius 1 is 1.02 bits per heavy atom. The monoisotopic (exact) mass is 891 g/mol. The van der Waals surface area contributed by atoms with E-state index in [9.17, 15) is 24.3 Å². The van der Waals surface area contributed by atoms with Crippen LogP contribution in [-0.4, -0.2) is 111 Å². The van der Waals surface area contributed by atoms with E-state index in [1.807, 2.05) is 76.5 Å². The Balaban J connectivity index is 0.914. The third-order valence-electron chi connectivity index (χ3n) is 11.9. The normalized spacial score (nSPS) is 19.8. The number of aliphatic hydroxyl groups excluding tert-OH is 1. The molecule has 0 aliphatic carbocycles. The minimum Gasteiger partial charge on any atom is -0.494 e. The van der Waals surface area contributed by atoms with Crippen molar-refractivity contribution in [3.05, 3.63) is 95.4 Å². The second-order valence-corrected chi connectivity index (χ2v) is 18.5. The molecule has 0 unspecified atom stereocenters. The third kappa shape index (κ3) is 10.6. The van der Waals surface area contributed by atoms with Gasteiger partial charge >= 0.3 is 0 Å². The zero-order valence-corrected chi connectivity index (χ0v) is 38.1. The molecule has 64 heavy (non-hydrogen) atoms. The number of piperidine rings is 1. The quantitative estimate of drug-likeness (QED) is 0.0907. The Labute approximate surface area is 377 Å². The molecular weight excluding hydrogens is 835 g/mol. The lowest BCUT2D eigenvalue weighted by atomic mass is 9.85.